The van der Waals surface area contributed by atoms with Crippen LogP contribution in [0.25, 0.3) is 0 Å². The molecule has 1 heterocycles. The first-order valence-electron chi connectivity index (χ1n) is 8.43. The van der Waals surface area contributed by atoms with Crippen molar-refractivity contribution in [3.8, 4) is 17.2 Å². The first-order valence-corrected chi connectivity index (χ1v) is 8.43. The fourth-order valence-corrected chi connectivity index (χ4v) is 2.57. The van der Waals surface area contributed by atoms with Crippen molar-refractivity contribution in [3.63, 3.8) is 0 Å². The predicted molar refractivity (Wildman–Crippen MR) is 95.4 cm³/mol. The number of carbonyl (C=O) groups excluding carboxylic acids is 1. The molecule has 0 radical (unpaired) electrons. The quantitative estimate of drug-likeness (QED) is 0.908. The lowest BCUT2D eigenvalue weighted by Crippen LogP contribution is -2.44. The fraction of sp³-hybridized carbons (Fsp3) is 0.350. The molecule has 0 saturated heterocycles. The molecular formula is C20H23NO4. The number of hydrogen-bond acceptors (Lipinski definition) is 4. The Hall–Kier alpha value is -2.69. The third-order valence-electron chi connectivity index (χ3n) is 4.23. The Labute approximate surface area is 147 Å². The van der Waals surface area contributed by atoms with Crippen molar-refractivity contribution in [1.29, 1.82) is 0 Å². The second-order valence-corrected chi connectivity index (χ2v) is 6.25. The lowest BCUT2D eigenvalue weighted by Gasteiger charge is -2.27. The summed E-state index contributed by atoms with van der Waals surface area (Å²) in [7, 11) is 0. The molecule has 1 aliphatic rings. The van der Waals surface area contributed by atoms with Crippen LogP contribution in [0.5, 0.6) is 17.2 Å². The first-order chi connectivity index (χ1) is 12.0. The summed E-state index contributed by atoms with van der Waals surface area (Å²) in [5.41, 5.74) is 2.33. The zero-order valence-electron chi connectivity index (χ0n) is 14.7. The fourth-order valence-electron chi connectivity index (χ4n) is 2.57. The average molecular weight is 341 g/mol. The molecule has 2 aromatic rings. The van der Waals surface area contributed by atoms with Crippen LogP contribution in [0.15, 0.2) is 42.5 Å². The van der Waals surface area contributed by atoms with Gasteiger partial charge in [0.05, 0.1) is 6.54 Å². The topological polar surface area (TPSA) is 56.8 Å². The van der Waals surface area contributed by atoms with Gasteiger partial charge in [-0.25, -0.2) is 0 Å². The third kappa shape index (κ3) is 4.24. The van der Waals surface area contributed by atoms with Gasteiger partial charge >= 0.3 is 0 Å². The molecule has 0 aromatic heterocycles. The van der Waals surface area contributed by atoms with Gasteiger partial charge in [0.1, 0.15) is 18.5 Å². The highest BCUT2D eigenvalue weighted by Crippen LogP contribution is 2.30. The maximum atomic E-state index is 12.3. The highest BCUT2D eigenvalue weighted by atomic mass is 16.6. The minimum Gasteiger partial charge on any atom is -0.486 e. The van der Waals surface area contributed by atoms with E-state index in [1.165, 1.54) is 5.56 Å². The lowest BCUT2D eigenvalue weighted by molar-refractivity contribution is -0.127. The first kappa shape index (κ1) is 17.1. The number of benzene rings is 2. The molecule has 0 spiro atoms. The van der Waals surface area contributed by atoms with Gasteiger partial charge in [0.2, 0.25) is 0 Å². The van der Waals surface area contributed by atoms with Crippen molar-refractivity contribution in [2.24, 2.45) is 0 Å². The Morgan fingerprint density at radius 3 is 2.72 bits per heavy atom. The molecule has 1 N–H and O–H groups in total. The second kappa shape index (κ2) is 7.47. The van der Waals surface area contributed by atoms with Crippen LogP contribution in [0.4, 0.5) is 0 Å². The minimum atomic E-state index is -0.584. The van der Waals surface area contributed by atoms with Gasteiger partial charge in [-0.05, 0) is 56.2 Å². The number of amides is 1. The molecule has 25 heavy (non-hydrogen) atoms. The van der Waals surface area contributed by atoms with Gasteiger partial charge in [-0.1, -0.05) is 18.2 Å². The van der Waals surface area contributed by atoms with Crippen molar-refractivity contribution in [2.75, 3.05) is 13.2 Å². The van der Waals surface area contributed by atoms with Crippen LogP contribution in [0.3, 0.4) is 0 Å². The molecule has 5 nitrogen and oxygen atoms in total. The average Bonchev–Trinajstić information content (AvgIpc) is 2.62. The Balaban J connectivity index is 1.50. The number of rotatable bonds is 5. The van der Waals surface area contributed by atoms with Crippen molar-refractivity contribution >= 4 is 5.91 Å². The largest absolute Gasteiger partial charge is 0.486 e. The molecule has 0 unspecified atom stereocenters. The number of ether oxygens (including phenoxy) is 3. The van der Waals surface area contributed by atoms with Crippen LogP contribution in [0.2, 0.25) is 0 Å². The summed E-state index contributed by atoms with van der Waals surface area (Å²) >= 11 is 0. The van der Waals surface area contributed by atoms with E-state index in [4.69, 9.17) is 14.2 Å². The summed E-state index contributed by atoms with van der Waals surface area (Å²) in [4.78, 5) is 12.3. The molecule has 1 aliphatic heterocycles. The molecule has 2 atom stereocenters. The SMILES string of the molecule is Cc1ccc(O[C@@H](C)C(=O)NC[C@@H]2COc3ccccc3O2)cc1C. The van der Waals surface area contributed by atoms with Crippen LogP contribution < -0.4 is 19.5 Å². The van der Waals surface area contributed by atoms with Gasteiger partial charge in [-0.2, -0.15) is 0 Å². The summed E-state index contributed by atoms with van der Waals surface area (Å²) in [5, 5.41) is 2.86. The van der Waals surface area contributed by atoms with E-state index in [-0.39, 0.29) is 12.0 Å². The molecule has 2 aromatic carbocycles. The monoisotopic (exact) mass is 341 g/mol. The van der Waals surface area contributed by atoms with E-state index in [0.717, 1.165) is 11.3 Å². The van der Waals surface area contributed by atoms with E-state index in [9.17, 15) is 4.79 Å². The van der Waals surface area contributed by atoms with Crippen LogP contribution in [0, 0.1) is 13.8 Å². The van der Waals surface area contributed by atoms with E-state index in [1.54, 1.807) is 6.92 Å². The van der Waals surface area contributed by atoms with Gasteiger partial charge in [-0.3, -0.25) is 4.79 Å². The molecule has 0 fully saturated rings. The predicted octanol–water partition coefficient (Wildman–Crippen LogP) is 3.03. The lowest BCUT2D eigenvalue weighted by atomic mass is 10.1. The Bertz CT molecular complexity index is 759. The summed E-state index contributed by atoms with van der Waals surface area (Å²) < 4.78 is 17.2. The molecule has 132 valence electrons. The summed E-state index contributed by atoms with van der Waals surface area (Å²) in [6.07, 6.45) is -0.799. The molecular weight excluding hydrogens is 318 g/mol. The Morgan fingerprint density at radius 1 is 1.20 bits per heavy atom. The van der Waals surface area contributed by atoms with Gasteiger partial charge < -0.3 is 19.5 Å². The molecule has 0 saturated carbocycles. The Morgan fingerprint density at radius 2 is 1.96 bits per heavy atom. The standard InChI is InChI=1S/C20H23NO4/c1-13-8-9-16(10-14(13)2)24-15(3)20(22)21-11-17-12-23-18-6-4-5-7-19(18)25-17/h4-10,15,17H,11-12H2,1-3H3,(H,21,22)/t15-,17+/m0/s1. The molecule has 0 bridgehead atoms. The van der Waals surface area contributed by atoms with Gasteiger partial charge in [-0.15, -0.1) is 0 Å². The zero-order valence-corrected chi connectivity index (χ0v) is 14.7. The van der Waals surface area contributed by atoms with Gasteiger partial charge in [0, 0.05) is 0 Å². The van der Waals surface area contributed by atoms with E-state index in [2.05, 4.69) is 5.32 Å². The maximum Gasteiger partial charge on any atom is 0.260 e. The van der Waals surface area contributed by atoms with Crippen LogP contribution in [-0.4, -0.2) is 31.3 Å². The second-order valence-electron chi connectivity index (χ2n) is 6.25. The van der Waals surface area contributed by atoms with E-state index < -0.39 is 6.10 Å². The highest BCUT2D eigenvalue weighted by molar-refractivity contribution is 5.80. The minimum absolute atomic E-state index is 0.180. The van der Waals surface area contributed by atoms with Crippen LogP contribution in [0.1, 0.15) is 18.1 Å². The number of carbonyl (C=O) groups is 1. The van der Waals surface area contributed by atoms with Gasteiger partial charge in [0.25, 0.3) is 5.91 Å². The number of hydrogen-bond donors (Lipinski definition) is 1. The zero-order chi connectivity index (χ0) is 17.8. The summed E-state index contributed by atoms with van der Waals surface area (Å²) in [6.45, 7) is 6.57. The number of fused-ring (bicyclic) bond motifs is 1. The van der Waals surface area contributed by atoms with Crippen LogP contribution >= 0.6 is 0 Å². The normalized spacial score (nSPS) is 16.8. The summed E-state index contributed by atoms with van der Waals surface area (Å²) in [5.74, 6) is 1.95. The van der Waals surface area contributed by atoms with E-state index in [0.29, 0.717) is 24.7 Å². The number of nitrogens with one attached hydrogen (secondary N) is 1. The molecule has 5 heteroatoms. The van der Waals surface area contributed by atoms with Crippen molar-refractivity contribution in [3.05, 3.63) is 53.6 Å². The van der Waals surface area contributed by atoms with Gasteiger partial charge in [0.15, 0.2) is 17.6 Å². The molecule has 3 rings (SSSR count). The van der Waals surface area contributed by atoms with Crippen molar-refractivity contribution in [1.82, 2.24) is 5.32 Å². The number of para-hydroxylation sites is 2. The van der Waals surface area contributed by atoms with E-state index in [1.807, 2.05) is 56.3 Å². The van der Waals surface area contributed by atoms with Crippen LogP contribution in [-0.2, 0) is 4.79 Å². The maximum absolute atomic E-state index is 12.3. The highest BCUT2D eigenvalue weighted by Gasteiger charge is 2.22. The third-order valence-corrected chi connectivity index (χ3v) is 4.23. The summed E-state index contributed by atoms with van der Waals surface area (Å²) in [6, 6.07) is 13.3. The smallest absolute Gasteiger partial charge is 0.260 e. The molecule has 0 aliphatic carbocycles. The molecule has 1 amide bonds. The number of aryl methyl sites for hydroxylation is 2. The van der Waals surface area contributed by atoms with Crippen molar-refractivity contribution < 1.29 is 19.0 Å². The van der Waals surface area contributed by atoms with Crippen molar-refractivity contribution in [2.45, 2.75) is 33.0 Å². The Kier molecular flexibility index (Phi) is 5.12. The van der Waals surface area contributed by atoms with E-state index >= 15 is 0 Å².